The lowest BCUT2D eigenvalue weighted by Gasteiger charge is -2.27. The van der Waals surface area contributed by atoms with Gasteiger partial charge in [0.1, 0.15) is 0 Å². The first-order valence-corrected chi connectivity index (χ1v) is 6.45. The van der Waals surface area contributed by atoms with Gasteiger partial charge in [-0.05, 0) is 24.6 Å². The number of hydrogen-bond acceptors (Lipinski definition) is 3. The zero-order valence-electron chi connectivity index (χ0n) is 11.5. The molecule has 0 aliphatic heterocycles. The van der Waals surface area contributed by atoms with Gasteiger partial charge < -0.3 is 5.11 Å². The normalized spacial score (nSPS) is 13.2. The maximum Gasteiger partial charge on any atom is 0.329 e. The molecule has 0 unspecified atom stereocenters. The van der Waals surface area contributed by atoms with Gasteiger partial charge in [-0.2, -0.15) is 0 Å². The van der Waals surface area contributed by atoms with Crippen molar-refractivity contribution in [1.82, 2.24) is 10.9 Å². The van der Waals surface area contributed by atoms with Gasteiger partial charge in [0.05, 0.1) is 0 Å². The summed E-state index contributed by atoms with van der Waals surface area (Å²) in [7, 11) is 0. The molecule has 2 aromatic rings. The van der Waals surface area contributed by atoms with E-state index in [4.69, 9.17) is 0 Å². The molecule has 2 aromatic carbocycles. The van der Waals surface area contributed by atoms with E-state index >= 15 is 0 Å². The number of carboxylic acids is 1. The molecule has 0 heterocycles. The van der Waals surface area contributed by atoms with Crippen LogP contribution in [0.1, 0.15) is 22.8 Å². The molecule has 1 atom stereocenters. The molecule has 0 fully saturated rings. The fourth-order valence-electron chi connectivity index (χ4n) is 1.86. The Bertz CT molecular complexity index is 628. The second-order valence-electron chi connectivity index (χ2n) is 4.74. The molecule has 0 bridgehead atoms. The number of carboxylic acid groups (broad SMARTS) is 1. The Kier molecular flexibility index (Phi) is 4.35. The smallest absolute Gasteiger partial charge is 0.329 e. The topological polar surface area (TPSA) is 78.4 Å². The Morgan fingerprint density at radius 2 is 1.48 bits per heavy atom. The first-order valence-electron chi connectivity index (χ1n) is 6.45. The summed E-state index contributed by atoms with van der Waals surface area (Å²) in [6.45, 7) is 1.50. The molecule has 108 valence electrons. The Morgan fingerprint density at radius 1 is 0.952 bits per heavy atom. The molecular weight excluding hydrogens is 268 g/mol. The predicted molar refractivity (Wildman–Crippen MR) is 78.5 cm³/mol. The number of rotatable bonds is 5. The highest BCUT2D eigenvalue weighted by molar-refractivity contribution is 5.94. The summed E-state index contributed by atoms with van der Waals surface area (Å²) in [4.78, 5) is 23.5. The lowest BCUT2D eigenvalue weighted by atomic mass is 9.93. The zero-order valence-corrected chi connectivity index (χ0v) is 11.5. The average molecular weight is 284 g/mol. The molecule has 21 heavy (non-hydrogen) atoms. The third kappa shape index (κ3) is 3.27. The number of nitrogens with one attached hydrogen (secondary N) is 2. The maximum absolute atomic E-state index is 12.0. The molecule has 1 amide bonds. The molecule has 3 N–H and O–H groups in total. The number of hydrazine groups is 1. The van der Waals surface area contributed by atoms with Gasteiger partial charge in [0, 0.05) is 5.56 Å². The van der Waals surface area contributed by atoms with E-state index in [1.807, 2.05) is 0 Å². The largest absolute Gasteiger partial charge is 0.480 e. The lowest BCUT2D eigenvalue weighted by Crippen LogP contribution is -2.54. The lowest BCUT2D eigenvalue weighted by molar-refractivity contribution is -0.145. The fourth-order valence-corrected chi connectivity index (χ4v) is 1.86. The summed E-state index contributed by atoms with van der Waals surface area (Å²) in [6, 6.07) is 17.3. The van der Waals surface area contributed by atoms with Crippen molar-refractivity contribution in [1.29, 1.82) is 0 Å². The Balaban J connectivity index is 2.15. The number of hydrogen-bond donors (Lipinski definition) is 3. The second-order valence-corrected chi connectivity index (χ2v) is 4.74. The van der Waals surface area contributed by atoms with Crippen LogP contribution in [0.2, 0.25) is 0 Å². The van der Waals surface area contributed by atoms with Crippen molar-refractivity contribution >= 4 is 11.9 Å². The average Bonchev–Trinajstić information content (AvgIpc) is 2.53. The molecule has 0 saturated heterocycles. The van der Waals surface area contributed by atoms with Gasteiger partial charge in [-0.1, -0.05) is 48.5 Å². The Hall–Kier alpha value is -2.66. The maximum atomic E-state index is 12.0. The molecule has 0 aliphatic rings. The van der Waals surface area contributed by atoms with Crippen molar-refractivity contribution in [2.24, 2.45) is 0 Å². The van der Waals surface area contributed by atoms with Gasteiger partial charge in [0.2, 0.25) is 0 Å². The van der Waals surface area contributed by atoms with Crippen LogP contribution in [0.15, 0.2) is 60.7 Å². The second kappa shape index (κ2) is 6.19. The highest BCUT2D eigenvalue weighted by Gasteiger charge is 2.35. The molecule has 0 saturated carbocycles. The Morgan fingerprint density at radius 3 is 2.00 bits per heavy atom. The molecule has 5 nitrogen and oxygen atoms in total. The van der Waals surface area contributed by atoms with Gasteiger partial charge in [0.25, 0.3) is 5.91 Å². The fraction of sp³-hybridized carbons (Fsp3) is 0.125. The quantitative estimate of drug-likeness (QED) is 0.733. The van der Waals surface area contributed by atoms with Crippen molar-refractivity contribution < 1.29 is 14.7 Å². The summed E-state index contributed by atoms with van der Waals surface area (Å²) in [5.74, 6) is -1.47. The van der Waals surface area contributed by atoms with Crippen molar-refractivity contribution in [3.63, 3.8) is 0 Å². The Labute approximate surface area is 122 Å². The molecular formula is C16H16N2O3. The minimum absolute atomic E-state index is 0.390. The van der Waals surface area contributed by atoms with Crippen LogP contribution in [0, 0.1) is 0 Å². The molecule has 2 rings (SSSR count). The number of benzene rings is 2. The standard InChI is InChI=1S/C16H16N2O3/c1-16(15(20)21,13-10-6-3-7-11-13)18-17-14(19)12-8-4-2-5-9-12/h2-11,18H,1H3,(H,17,19)(H,20,21)/t16-/m0/s1. The van der Waals surface area contributed by atoms with E-state index in [0.29, 0.717) is 11.1 Å². The van der Waals surface area contributed by atoms with E-state index in [1.165, 1.54) is 6.92 Å². The summed E-state index contributed by atoms with van der Waals surface area (Å²) >= 11 is 0. The van der Waals surface area contributed by atoms with Gasteiger partial charge in [0.15, 0.2) is 5.54 Å². The van der Waals surface area contributed by atoms with E-state index in [9.17, 15) is 14.7 Å². The summed E-state index contributed by atoms with van der Waals surface area (Å²) < 4.78 is 0. The molecule has 0 aliphatic carbocycles. The minimum Gasteiger partial charge on any atom is -0.480 e. The first kappa shape index (κ1) is 14.7. The van der Waals surface area contributed by atoms with Crippen molar-refractivity contribution in [3.05, 3.63) is 71.8 Å². The van der Waals surface area contributed by atoms with Crippen molar-refractivity contribution in [2.75, 3.05) is 0 Å². The van der Waals surface area contributed by atoms with Gasteiger partial charge >= 0.3 is 5.97 Å². The summed E-state index contributed by atoms with van der Waals surface area (Å²) in [5, 5.41) is 9.46. The van der Waals surface area contributed by atoms with E-state index in [2.05, 4.69) is 10.9 Å². The number of aliphatic carboxylic acids is 1. The third-order valence-corrected chi connectivity index (χ3v) is 3.24. The molecule has 0 spiro atoms. The summed E-state index contributed by atoms with van der Waals surface area (Å²) in [6.07, 6.45) is 0. The van der Waals surface area contributed by atoms with Crippen LogP contribution < -0.4 is 10.9 Å². The van der Waals surface area contributed by atoms with E-state index in [0.717, 1.165) is 0 Å². The highest BCUT2D eigenvalue weighted by Crippen LogP contribution is 2.20. The van der Waals surface area contributed by atoms with E-state index in [-0.39, 0.29) is 5.91 Å². The number of amides is 1. The van der Waals surface area contributed by atoms with E-state index < -0.39 is 11.5 Å². The third-order valence-electron chi connectivity index (χ3n) is 3.24. The SMILES string of the molecule is C[C@@](NNC(=O)c1ccccc1)(C(=O)O)c1ccccc1. The van der Waals surface area contributed by atoms with Crippen LogP contribution in [-0.4, -0.2) is 17.0 Å². The van der Waals surface area contributed by atoms with E-state index in [1.54, 1.807) is 60.7 Å². The van der Waals surface area contributed by atoms with Crippen molar-refractivity contribution in [3.8, 4) is 0 Å². The monoisotopic (exact) mass is 284 g/mol. The molecule has 0 aromatic heterocycles. The van der Waals surface area contributed by atoms with Crippen LogP contribution in [-0.2, 0) is 10.3 Å². The first-order chi connectivity index (χ1) is 10.0. The molecule has 5 heteroatoms. The zero-order chi connectivity index (χ0) is 15.3. The predicted octanol–water partition coefficient (Wildman–Crippen LogP) is 1.92. The van der Waals surface area contributed by atoms with Gasteiger partial charge in [-0.25, -0.2) is 10.2 Å². The van der Waals surface area contributed by atoms with Crippen molar-refractivity contribution in [2.45, 2.75) is 12.5 Å². The van der Waals surface area contributed by atoms with Crippen LogP contribution in [0.3, 0.4) is 0 Å². The number of carbonyl (C=O) groups is 2. The number of carbonyl (C=O) groups excluding carboxylic acids is 1. The van der Waals surface area contributed by atoms with Crippen LogP contribution >= 0.6 is 0 Å². The minimum atomic E-state index is -1.41. The highest BCUT2D eigenvalue weighted by atomic mass is 16.4. The van der Waals surface area contributed by atoms with Crippen LogP contribution in [0.4, 0.5) is 0 Å². The van der Waals surface area contributed by atoms with Crippen LogP contribution in [0.25, 0.3) is 0 Å². The summed E-state index contributed by atoms with van der Waals surface area (Å²) in [5.41, 5.74) is 4.65. The van der Waals surface area contributed by atoms with Gasteiger partial charge in [-0.15, -0.1) is 0 Å². The van der Waals surface area contributed by atoms with Crippen LogP contribution in [0.5, 0.6) is 0 Å². The molecule has 0 radical (unpaired) electrons. The van der Waals surface area contributed by atoms with Gasteiger partial charge in [-0.3, -0.25) is 10.2 Å².